The Balaban J connectivity index is 1.77. The third kappa shape index (κ3) is 3.94. The molecule has 0 atom stereocenters. The number of nitrogens with two attached hydrogens (primary N) is 1. The molecule has 29 heavy (non-hydrogen) atoms. The molecular formula is C19H15N5O3S2. The Morgan fingerprint density at radius 1 is 0.931 bits per heavy atom. The van der Waals surface area contributed by atoms with E-state index in [0.717, 1.165) is 4.88 Å². The highest BCUT2D eigenvalue weighted by atomic mass is 32.2. The van der Waals surface area contributed by atoms with Gasteiger partial charge in [-0.05, 0) is 47.8 Å². The van der Waals surface area contributed by atoms with Crippen LogP contribution in [0.5, 0.6) is 0 Å². The highest BCUT2D eigenvalue weighted by Gasteiger charge is 2.17. The van der Waals surface area contributed by atoms with Gasteiger partial charge in [-0.15, -0.1) is 16.5 Å². The number of hydrogen-bond acceptors (Lipinski definition) is 6. The van der Waals surface area contributed by atoms with Gasteiger partial charge < -0.3 is 0 Å². The molecule has 3 N–H and O–H groups in total. The summed E-state index contributed by atoms with van der Waals surface area (Å²) in [6, 6.07) is 18.5. The summed E-state index contributed by atoms with van der Waals surface area (Å²) in [5.74, 6) is 0. The van der Waals surface area contributed by atoms with E-state index in [2.05, 4.69) is 15.3 Å². The predicted octanol–water partition coefficient (Wildman–Crippen LogP) is 3.96. The number of hydrogen-bond donors (Lipinski definition) is 2. The van der Waals surface area contributed by atoms with Crippen molar-refractivity contribution in [3.63, 3.8) is 0 Å². The van der Waals surface area contributed by atoms with Gasteiger partial charge in [0.2, 0.25) is 10.0 Å². The normalized spacial score (nSPS) is 11.9. The number of primary sulfonamides is 1. The van der Waals surface area contributed by atoms with Crippen LogP contribution in [0.4, 0.5) is 11.4 Å². The molecule has 4 rings (SSSR count). The number of nitrogens with zero attached hydrogens (tertiary/aromatic N) is 3. The Morgan fingerprint density at radius 2 is 1.66 bits per heavy atom. The van der Waals surface area contributed by atoms with E-state index in [1.165, 1.54) is 40.3 Å². The molecule has 0 aliphatic rings. The van der Waals surface area contributed by atoms with Crippen LogP contribution in [0.25, 0.3) is 16.3 Å². The Hall–Kier alpha value is -3.34. The molecule has 0 bridgehead atoms. The summed E-state index contributed by atoms with van der Waals surface area (Å²) in [7, 11) is -3.79. The van der Waals surface area contributed by atoms with Crippen molar-refractivity contribution in [1.29, 1.82) is 0 Å². The fraction of sp³-hybridized carbons (Fsp3) is 0. The third-order valence-corrected chi connectivity index (χ3v) is 5.90. The zero-order valence-electron chi connectivity index (χ0n) is 14.9. The fourth-order valence-corrected chi connectivity index (χ4v) is 3.92. The van der Waals surface area contributed by atoms with Gasteiger partial charge in [0.05, 0.1) is 21.1 Å². The number of sulfonamides is 1. The van der Waals surface area contributed by atoms with Crippen LogP contribution in [0, 0.1) is 0 Å². The first kappa shape index (κ1) is 19.0. The number of benzene rings is 2. The fourth-order valence-electron chi connectivity index (χ4n) is 2.68. The molecule has 0 amide bonds. The highest BCUT2D eigenvalue weighted by molar-refractivity contribution is 7.89. The van der Waals surface area contributed by atoms with Crippen molar-refractivity contribution in [2.24, 2.45) is 15.4 Å². The lowest BCUT2D eigenvalue weighted by Gasteiger charge is -1.99. The van der Waals surface area contributed by atoms with E-state index in [-0.39, 0.29) is 16.1 Å². The van der Waals surface area contributed by atoms with Gasteiger partial charge in [-0.1, -0.05) is 24.3 Å². The number of H-pyrrole nitrogens is 1. The topological polar surface area (TPSA) is 123 Å². The van der Waals surface area contributed by atoms with Crippen molar-refractivity contribution in [1.82, 2.24) is 9.78 Å². The molecule has 2 heterocycles. The second kappa shape index (κ2) is 7.59. The molecule has 0 radical (unpaired) electrons. The van der Waals surface area contributed by atoms with Crippen molar-refractivity contribution in [2.75, 3.05) is 0 Å². The lowest BCUT2D eigenvalue weighted by molar-refractivity contribution is 0.598. The Labute approximate surface area is 170 Å². The van der Waals surface area contributed by atoms with Gasteiger partial charge in [-0.3, -0.25) is 9.89 Å². The second-order valence-electron chi connectivity index (χ2n) is 6.03. The van der Waals surface area contributed by atoms with Gasteiger partial charge in [0.1, 0.15) is 5.69 Å². The molecule has 0 fully saturated rings. The number of azo groups is 1. The third-order valence-electron chi connectivity index (χ3n) is 4.08. The van der Waals surface area contributed by atoms with Crippen LogP contribution >= 0.6 is 11.3 Å². The number of nitrogens with one attached hydrogen (secondary N) is 1. The second-order valence-corrected chi connectivity index (χ2v) is 8.54. The SMILES string of the molecule is NS(=O)(=O)c1ccc(N=Nc2c(-c3cccs3)[nH]n(-c3ccccc3)c2=O)cc1. The molecule has 0 saturated heterocycles. The van der Waals surface area contributed by atoms with Gasteiger partial charge in [0, 0.05) is 0 Å². The predicted molar refractivity (Wildman–Crippen MR) is 112 cm³/mol. The van der Waals surface area contributed by atoms with Crippen molar-refractivity contribution in [3.05, 3.63) is 82.5 Å². The minimum atomic E-state index is -3.79. The van der Waals surface area contributed by atoms with E-state index in [0.29, 0.717) is 17.1 Å². The summed E-state index contributed by atoms with van der Waals surface area (Å²) in [6.07, 6.45) is 0. The zero-order chi connectivity index (χ0) is 20.4. The van der Waals surface area contributed by atoms with Gasteiger partial charge in [-0.2, -0.15) is 5.11 Å². The Morgan fingerprint density at radius 3 is 2.28 bits per heavy atom. The summed E-state index contributed by atoms with van der Waals surface area (Å²) in [5.41, 5.74) is 1.44. The van der Waals surface area contributed by atoms with Crippen molar-refractivity contribution < 1.29 is 8.42 Å². The Kier molecular flexibility index (Phi) is 4.97. The Bertz CT molecular complexity index is 1320. The summed E-state index contributed by atoms with van der Waals surface area (Å²) < 4.78 is 24.1. The summed E-state index contributed by atoms with van der Waals surface area (Å²) >= 11 is 1.47. The smallest absolute Gasteiger partial charge is 0.287 e. The number of para-hydroxylation sites is 1. The van der Waals surface area contributed by atoms with Gasteiger partial charge in [0.25, 0.3) is 5.56 Å². The monoisotopic (exact) mass is 425 g/mol. The van der Waals surface area contributed by atoms with Gasteiger partial charge in [0.15, 0.2) is 5.69 Å². The quantitative estimate of drug-likeness (QED) is 0.470. The van der Waals surface area contributed by atoms with Crippen LogP contribution in [0.3, 0.4) is 0 Å². The lowest BCUT2D eigenvalue weighted by atomic mass is 10.3. The maximum atomic E-state index is 13.0. The largest absolute Gasteiger partial charge is 0.299 e. The van der Waals surface area contributed by atoms with Crippen LogP contribution in [0.1, 0.15) is 0 Å². The first-order valence-electron chi connectivity index (χ1n) is 8.42. The minimum Gasteiger partial charge on any atom is -0.287 e. The maximum Gasteiger partial charge on any atom is 0.299 e. The molecular weight excluding hydrogens is 410 g/mol. The standard InChI is InChI=1S/C19H15N5O3S2/c20-29(26,27)15-10-8-13(9-11-15)21-22-18-17(16-7-4-12-28-16)23-24(19(18)25)14-5-2-1-3-6-14/h1-12,23H,(H2,20,26,27). The molecule has 2 aromatic carbocycles. The molecule has 0 unspecified atom stereocenters. The van der Waals surface area contributed by atoms with E-state index >= 15 is 0 Å². The maximum absolute atomic E-state index is 13.0. The average molecular weight is 425 g/mol. The van der Waals surface area contributed by atoms with Crippen LogP contribution in [0.15, 0.2) is 92.0 Å². The van der Waals surface area contributed by atoms with Crippen LogP contribution < -0.4 is 10.7 Å². The van der Waals surface area contributed by atoms with Crippen molar-refractivity contribution in [2.45, 2.75) is 4.90 Å². The minimum absolute atomic E-state index is 0.0243. The highest BCUT2D eigenvalue weighted by Crippen LogP contribution is 2.31. The molecule has 0 aliphatic carbocycles. The van der Waals surface area contributed by atoms with Crippen LogP contribution in [0.2, 0.25) is 0 Å². The molecule has 8 nitrogen and oxygen atoms in total. The first-order valence-corrected chi connectivity index (χ1v) is 10.8. The molecule has 10 heteroatoms. The summed E-state index contributed by atoms with van der Waals surface area (Å²) in [6.45, 7) is 0. The number of aromatic amines is 1. The van der Waals surface area contributed by atoms with E-state index in [4.69, 9.17) is 5.14 Å². The van der Waals surface area contributed by atoms with Crippen LogP contribution in [-0.2, 0) is 10.0 Å². The summed E-state index contributed by atoms with van der Waals surface area (Å²) in [5, 5.41) is 18.4. The van der Waals surface area contributed by atoms with Gasteiger partial charge >= 0.3 is 0 Å². The van der Waals surface area contributed by atoms with Gasteiger partial charge in [-0.25, -0.2) is 18.2 Å². The molecule has 2 aromatic heterocycles. The van der Waals surface area contributed by atoms with Crippen molar-refractivity contribution >= 4 is 32.7 Å². The average Bonchev–Trinajstić information content (AvgIpc) is 3.35. The number of rotatable bonds is 5. The molecule has 0 spiro atoms. The molecule has 0 saturated carbocycles. The number of thiophene rings is 1. The zero-order valence-corrected chi connectivity index (χ0v) is 16.5. The van der Waals surface area contributed by atoms with E-state index in [9.17, 15) is 13.2 Å². The van der Waals surface area contributed by atoms with E-state index in [1.807, 2.05) is 47.8 Å². The van der Waals surface area contributed by atoms with E-state index in [1.54, 1.807) is 0 Å². The van der Waals surface area contributed by atoms with Crippen molar-refractivity contribution in [3.8, 4) is 16.3 Å². The first-order chi connectivity index (χ1) is 13.9. The molecule has 4 aromatic rings. The lowest BCUT2D eigenvalue weighted by Crippen LogP contribution is -2.13. The molecule has 0 aliphatic heterocycles. The number of aromatic nitrogens is 2. The van der Waals surface area contributed by atoms with Crippen LogP contribution in [-0.4, -0.2) is 18.2 Å². The van der Waals surface area contributed by atoms with E-state index < -0.39 is 10.0 Å². The molecule has 146 valence electrons. The summed E-state index contributed by atoms with van der Waals surface area (Å²) in [4.78, 5) is 13.8.